The number of furan rings is 1. The van der Waals surface area contributed by atoms with Crippen LogP contribution in [0.2, 0.25) is 0 Å². The Morgan fingerprint density at radius 2 is 1.00 bits per heavy atom. The van der Waals surface area contributed by atoms with E-state index in [0.29, 0.717) is 0 Å². The Morgan fingerprint density at radius 3 is 1.33 bits per heavy atom. The summed E-state index contributed by atoms with van der Waals surface area (Å²) in [5, 5.41) is 2.33. The zero-order valence-electron chi connectivity index (χ0n) is 10.9. The van der Waals surface area contributed by atoms with E-state index in [4.69, 9.17) is 4.42 Å². The summed E-state index contributed by atoms with van der Waals surface area (Å²) in [5.74, 6) is 0. The SMILES string of the molecule is CC.CC.CC.c1ccc2cocc2c1. The fourth-order valence-electron chi connectivity index (χ4n) is 0.906. The summed E-state index contributed by atoms with van der Waals surface area (Å²) in [6.07, 6.45) is 3.49. The minimum atomic E-state index is 1.16. The van der Waals surface area contributed by atoms with Gasteiger partial charge in [-0.25, -0.2) is 0 Å². The van der Waals surface area contributed by atoms with Crippen molar-refractivity contribution in [2.75, 3.05) is 0 Å². The maximum atomic E-state index is 4.96. The van der Waals surface area contributed by atoms with Crippen LogP contribution in [-0.4, -0.2) is 0 Å². The summed E-state index contributed by atoms with van der Waals surface area (Å²) in [6.45, 7) is 12.0. The highest BCUT2D eigenvalue weighted by molar-refractivity contribution is 5.80. The highest BCUT2D eigenvalue weighted by atomic mass is 16.3. The van der Waals surface area contributed by atoms with Crippen LogP contribution in [0.5, 0.6) is 0 Å². The number of hydrogen-bond acceptors (Lipinski definition) is 1. The first-order valence-corrected chi connectivity index (χ1v) is 5.88. The first kappa shape index (κ1) is 16.2. The molecular formula is C14H24O. The van der Waals surface area contributed by atoms with Crippen molar-refractivity contribution in [3.05, 3.63) is 36.8 Å². The maximum absolute atomic E-state index is 4.96. The third-order valence-corrected chi connectivity index (χ3v) is 1.39. The van der Waals surface area contributed by atoms with Crippen molar-refractivity contribution in [1.82, 2.24) is 0 Å². The minimum Gasteiger partial charge on any atom is -0.471 e. The van der Waals surface area contributed by atoms with Crippen LogP contribution >= 0.6 is 0 Å². The van der Waals surface area contributed by atoms with Gasteiger partial charge in [0.15, 0.2) is 0 Å². The average molecular weight is 208 g/mol. The molecule has 0 fully saturated rings. The summed E-state index contributed by atoms with van der Waals surface area (Å²) in [5.41, 5.74) is 0. The van der Waals surface area contributed by atoms with Crippen LogP contribution in [0.4, 0.5) is 0 Å². The average Bonchev–Trinajstić information content (AvgIpc) is 2.85. The van der Waals surface area contributed by atoms with Gasteiger partial charge in [-0.15, -0.1) is 0 Å². The molecule has 2 aromatic rings. The Hall–Kier alpha value is -1.24. The lowest BCUT2D eigenvalue weighted by Gasteiger charge is -1.80. The fourth-order valence-corrected chi connectivity index (χ4v) is 0.906. The van der Waals surface area contributed by atoms with Gasteiger partial charge in [0.05, 0.1) is 12.5 Å². The fraction of sp³-hybridized carbons (Fsp3) is 0.429. The van der Waals surface area contributed by atoms with Gasteiger partial charge in [-0.1, -0.05) is 65.8 Å². The molecule has 0 radical (unpaired) electrons. The quantitative estimate of drug-likeness (QED) is 0.556. The van der Waals surface area contributed by atoms with Crippen LogP contribution in [0, 0.1) is 0 Å². The molecular weight excluding hydrogens is 184 g/mol. The van der Waals surface area contributed by atoms with Crippen molar-refractivity contribution >= 4 is 10.8 Å². The lowest BCUT2D eigenvalue weighted by atomic mass is 10.2. The van der Waals surface area contributed by atoms with E-state index in [1.54, 1.807) is 12.5 Å². The largest absolute Gasteiger partial charge is 0.471 e. The molecule has 0 unspecified atom stereocenters. The monoisotopic (exact) mass is 208 g/mol. The van der Waals surface area contributed by atoms with Gasteiger partial charge in [-0.2, -0.15) is 0 Å². The molecule has 15 heavy (non-hydrogen) atoms. The molecule has 0 atom stereocenters. The van der Waals surface area contributed by atoms with E-state index in [1.807, 2.05) is 65.8 Å². The van der Waals surface area contributed by atoms with Crippen molar-refractivity contribution < 1.29 is 4.42 Å². The Morgan fingerprint density at radius 1 is 0.667 bits per heavy atom. The molecule has 86 valence electrons. The van der Waals surface area contributed by atoms with E-state index < -0.39 is 0 Å². The van der Waals surface area contributed by atoms with Gasteiger partial charge in [-0.3, -0.25) is 0 Å². The van der Waals surface area contributed by atoms with Gasteiger partial charge in [0.2, 0.25) is 0 Å². The first-order chi connectivity index (χ1) is 7.47. The van der Waals surface area contributed by atoms with Crippen molar-refractivity contribution in [2.24, 2.45) is 0 Å². The molecule has 2 rings (SSSR count). The molecule has 0 saturated heterocycles. The minimum absolute atomic E-state index is 1.16. The summed E-state index contributed by atoms with van der Waals surface area (Å²) in [7, 11) is 0. The Labute approximate surface area is 94.1 Å². The molecule has 1 nitrogen and oxygen atoms in total. The molecule has 0 aliphatic rings. The highest BCUT2D eigenvalue weighted by Crippen LogP contribution is 2.12. The molecule has 1 heteroatoms. The van der Waals surface area contributed by atoms with Crippen molar-refractivity contribution in [1.29, 1.82) is 0 Å². The molecule has 1 aromatic carbocycles. The van der Waals surface area contributed by atoms with Crippen LogP contribution in [0.15, 0.2) is 41.2 Å². The van der Waals surface area contributed by atoms with E-state index >= 15 is 0 Å². The van der Waals surface area contributed by atoms with E-state index in [1.165, 1.54) is 0 Å². The number of hydrogen-bond donors (Lipinski definition) is 0. The smallest absolute Gasteiger partial charge is 0.0981 e. The van der Waals surface area contributed by atoms with E-state index in [2.05, 4.69) is 0 Å². The molecule has 0 amide bonds. The standard InChI is InChI=1S/C8H6O.3C2H6/c1-2-4-8-6-9-5-7(8)3-1;3*1-2/h1-6H;3*1-2H3. The molecule has 0 spiro atoms. The number of benzene rings is 1. The second-order valence-corrected chi connectivity index (χ2v) is 2.00. The Balaban J connectivity index is 0. The van der Waals surface area contributed by atoms with E-state index in [-0.39, 0.29) is 0 Å². The van der Waals surface area contributed by atoms with E-state index in [9.17, 15) is 0 Å². The zero-order valence-corrected chi connectivity index (χ0v) is 10.9. The second-order valence-electron chi connectivity index (χ2n) is 2.00. The summed E-state index contributed by atoms with van der Waals surface area (Å²) in [4.78, 5) is 0. The van der Waals surface area contributed by atoms with Crippen molar-refractivity contribution in [3.8, 4) is 0 Å². The molecule has 1 aromatic heterocycles. The molecule has 1 heterocycles. The van der Waals surface area contributed by atoms with Crippen molar-refractivity contribution in [3.63, 3.8) is 0 Å². The van der Waals surface area contributed by atoms with Crippen LogP contribution in [0.25, 0.3) is 10.8 Å². The summed E-state index contributed by atoms with van der Waals surface area (Å²) >= 11 is 0. The second kappa shape index (κ2) is 12.8. The van der Waals surface area contributed by atoms with Crippen LogP contribution < -0.4 is 0 Å². The van der Waals surface area contributed by atoms with Crippen molar-refractivity contribution in [2.45, 2.75) is 41.5 Å². The normalized spacial score (nSPS) is 7.33. The first-order valence-electron chi connectivity index (χ1n) is 5.88. The Bertz CT molecular complexity index is 279. The summed E-state index contributed by atoms with van der Waals surface area (Å²) in [6, 6.07) is 8.05. The van der Waals surface area contributed by atoms with Gasteiger partial charge < -0.3 is 4.42 Å². The third-order valence-electron chi connectivity index (χ3n) is 1.39. The lowest BCUT2D eigenvalue weighted by Crippen LogP contribution is -1.57. The third kappa shape index (κ3) is 5.95. The molecule has 0 bridgehead atoms. The topological polar surface area (TPSA) is 13.1 Å². The van der Waals surface area contributed by atoms with E-state index in [0.717, 1.165) is 10.8 Å². The molecule has 0 aliphatic carbocycles. The van der Waals surface area contributed by atoms with Crippen LogP contribution in [0.1, 0.15) is 41.5 Å². The zero-order chi connectivity index (χ0) is 12.1. The van der Waals surface area contributed by atoms with Crippen LogP contribution in [-0.2, 0) is 0 Å². The molecule has 0 aliphatic heterocycles. The predicted octanol–water partition coefficient (Wildman–Crippen LogP) is 5.51. The van der Waals surface area contributed by atoms with Gasteiger partial charge >= 0.3 is 0 Å². The molecule has 0 N–H and O–H groups in total. The van der Waals surface area contributed by atoms with Crippen LogP contribution in [0.3, 0.4) is 0 Å². The Kier molecular flexibility index (Phi) is 13.8. The lowest BCUT2D eigenvalue weighted by molar-refractivity contribution is 0.572. The predicted molar refractivity (Wildman–Crippen MR) is 70.3 cm³/mol. The maximum Gasteiger partial charge on any atom is 0.0981 e. The summed E-state index contributed by atoms with van der Waals surface area (Å²) < 4.78 is 4.96. The number of fused-ring (bicyclic) bond motifs is 1. The van der Waals surface area contributed by atoms with Gasteiger partial charge in [0, 0.05) is 10.8 Å². The number of rotatable bonds is 0. The van der Waals surface area contributed by atoms with Gasteiger partial charge in [0.1, 0.15) is 0 Å². The van der Waals surface area contributed by atoms with Gasteiger partial charge in [-0.05, 0) is 0 Å². The highest BCUT2D eigenvalue weighted by Gasteiger charge is 1.89. The van der Waals surface area contributed by atoms with Gasteiger partial charge in [0.25, 0.3) is 0 Å². The molecule has 0 saturated carbocycles.